The molecule has 2 heterocycles. The number of amides is 1. The van der Waals surface area contributed by atoms with Gasteiger partial charge in [0.05, 0.1) is 12.8 Å². The molecular weight excluding hydrogens is 280 g/mol. The van der Waals surface area contributed by atoms with E-state index >= 15 is 0 Å². The summed E-state index contributed by atoms with van der Waals surface area (Å²) >= 11 is 0. The fourth-order valence-corrected chi connectivity index (χ4v) is 3.16. The summed E-state index contributed by atoms with van der Waals surface area (Å²) in [5.74, 6) is 0.810. The molecule has 5 heteroatoms. The quantitative estimate of drug-likeness (QED) is 0.862. The maximum absolute atomic E-state index is 12.6. The molecule has 2 atom stereocenters. The Labute approximate surface area is 130 Å². The Morgan fingerprint density at radius 1 is 1.36 bits per heavy atom. The third-order valence-corrected chi connectivity index (χ3v) is 4.45. The van der Waals surface area contributed by atoms with Crippen molar-refractivity contribution in [3.63, 3.8) is 0 Å². The molecule has 1 amide bonds. The number of piperidine rings is 1. The van der Waals surface area contributed by atoms with Crippen LogP contribution in [0, 0.1) is 0 Å². The lowest BCUT2D eigenvalue weighted by molar-refractivity contribution is -0.145. The first-order valence-electron chi connectivity index (χ1n) is 7.87. The highest BCUT2D eigenvalue weighted by molar-refractivity contribution is 6.05. The number of ether oxygens (including phenoxy) is 1. The summed E-state index contributed by atoms with van der Waals surface area (Å²) in [5.41, 5.74) is 1.67. The zero-order valence-corrected chi connectivity index (χ0v) is 13.1. The van der Waals surface area contributed by atoms with E-state index in [1.54, 1.807) is 7.11 Å². The summed E-state index contributed by atoms with van der Waals surface area (Å²) in [6.07, 6.45) is 3.34. The van der Waals surface area contributed by atoms with Crippen molar-refractivity contribution >= 4 is 11.6 Å². The molecule has 0 radical (unpaired) electrons. The number of rotatable bonds is 3. The molecule has 2 aliphatic heterocycles. The van der Waals surface area contributed by atoms with Crippen LogP contribution in [0.3, 0.4) is 0 Å². The summed E-state index contributed by atoms with van der Waals surface area (Å²) in [5, 5.41) is 4.13. The van der Waals surface area contributed by atoms with Crippen LogP contribution in [0.2, 0.25) is 0 Å². The number of oxime groups is 1. The smallest absolute Gasteiger partial charge is 0.267 e. The van der Waals surface area contributed by atoms with Gasteiger partial charge < -0.3 is 14.5 Å². The van der Waals surface area contributed by atoms with Gasteiger partial charge in [0.15, 0.2) is 0 Å². The topological polar surface area (TPSA) is 51.1 Å². The number of hydrogen-bond donors (Lipinski definition) is 0. The lowest BCUT2D eigenvalue weighted by atomic mass is 10.00. The fourth-order valence-electron chi connectivity index (χ4n) is 3.16. The average Bonchev–Trinajstić information content (AvgIpc) is 3.04. The number of hydrogen-bond acceptors (Lipinski definition) is 4. The third-order valence-electron chi connectivity index (χ3n) is 4.45. The van der Waals surface area contributed by atoms with Crippen LogP contribution < -0.4 is 4.74 Å². The Morgan fingerprint density at radius 3 is 2.95 bits per heavy atom. The van der Waals surface area contributed by atoms with Gasteiger partial charge in [-0.25, -0.2) is 0 Å². The van der Waals surface area contributed by atoms with Gasteiger partial charge in [0.1, 0.15) is 5.75 Å². The highest BCUT2D eigenvalue weighted by Gasteiger charge is 2.35. The number of benzene rings is 1. The minimum atomic E-state index is -0.500. The van der Waals surface area contributed by atoms with E-state index in [0.717, 1.165) is 36.4 Å². The molecule has 0 N–H and O–H groups in total. The molecule has 1 aromatic carbocycles. The zero-order chi connectivity index (χ0) is 15.5. The molecule has 0 spiro atoms. The molecule has 0 saturated carbocycles. The molecular formula is C17H22N2O3. The zero-order valence-electron chi connectivity index (χ0n) is 13.1. The maximum Gasteiger partial charge on any atom is 0.267 e. The van der Waals surface area contributed by atoms with E-state index in [2.05, 4.69) is 12.1 Å². The van der Waals surface area contributed by atoms with Crippen LogP contribution in [0.1, 0.15) is 38.2 Å². The molecule has 22 heavy (non-hydrogen) atoms. The van der Waals surface area contributed by atoms with Gasteiger partial charge in [-0.1, -0.05) is 17.3 Å². The minimum Gasteiger partial charge on any atom is -0.496 e. The summed E-state index contributed by atoms with van der Waals surface area (Å²) in [4.78, 5) is 20.0. The molecule has 3 rings (SSSR count). The number of methoxy groups -OCH3 is 1. The second kappa shape index (κ2) is 6.38. The van der Waals surface area contributed by atoms with Crippen molar-refractivity contribution in [2.75, 3.05) is 13.7 Å². The predicted octanol–water partition coefficient (Wildman–Crippen LogP) is 2.59. The van der Waals surface area contributed by atoms with Gasteiger partial charge in [-0.2, -0.15) is 0 Å². The number of para-hydroxylation sites is 1. The van der Waals surface area contributed by atoms with Crippen LogP contribution in [0.15, 0.2) is 29.4 Å². The van der Waals surface area contributed by atoms with Crippen molar-refractivity contribution in [3.8, 4) is 5.75 Å². The van der Waals surface area contributed by atoms with E-state index in [0.29, 0.717) is 12.5 Å². The van der Waals surface area contributed by atoms with E-state index in [-0.39, 0.29) is 5.91 Å². The van der Waals surface area contributed by atoms with Gasteiger partial charge >= 0.3 is 0 Å². The fraction of sp³-hybridized carbons (Fsp3) is 0.529. The molecule has 5 nitrogen and oxygen atoms in total. The van der Waals surface area contributed by atoms with Gasteiger partial charge in [-0.15, -0.1) is 0 Å². The van der Waals surface area contributed by atoms with E-state index in [9.17, 15) is 4.79 Å². The Morgan fingerprint density at radius 2 is 2.18 bits per heavy atom. The molecule has 0 aromatic heterocycles. The van der Waals surface area contributed by atoms with Crippen LogP contribution in [0.25, 0.3) is 0 Å². The predicted molar refractivity (Wildman–Crippen MR) is 84.0 cm³/mol. The molecule has 118 valence electrons. The molecule has 0 aliphatic carbocycles. The Hall–Kier alpha value is -2.04. The van der Waals surface area contributed by atoms with Crippen LogP contribution in [0.5, 0.6) is 5.75 Å². The standard InChI is InChI=1S/C17H22N2O3/c1-12-7-5-6-10-19(12)17(20)16-11-14(18-22-16)13-8-3-4-9-15(13)21-2/h3-4,8-9,12,16H,5-7,10-11H2,1-2H3/t12-,16-/m1/s1. The van der Waals surface area contributed by atoms with Gasteiger partial charge in [0, 0.05) is 24.6 Å². The SMILES string of the molecule is COc1ccccc1C1=NO[C@@H](C(=O)N2CCCC[C@H]2C)C1. The highest BCUT2D eigenvalue weighted by atomic mass is 16.6. The van der Waals surface area contributed by atoms with Crippen molar-refractivity contribution in [2.45, 2.75) is 44.8 Å². The minimum absolute atomic E-state index is 0.0563. The molecule has 1 saturated heterocycles. The van der Waals surface area contributed by atoms with E-state index in [1.807, 2.05) is 29.2 Å². The first-order chi connectivity index (χ1) is 10.7. The monoisotopic (exact) mass is 302 g/mol. The van der Waals surface area contributed by atoms with Crippen molar-refractivity contribution in [1.29, 1.82) is 0 Å². The summed E-state index contributed by atoms with van der Waals surface area (Å²) in [6, 6.07) is 7.97. The second-order valence-corrected chi connectivity index (χ2v) is 5.91. The van der Waals surface area contributed by atoms with Crippen molar-refractivity contribution in [3.05, 3.63) is 29.8 Å². The van der Waals surface area contributed by atoms with Crippen LogP contribution in [0.4, 0.5) is 0 Å². The van der Waals surface area contributed by atoms with Gasteiger partial charge in [0.2, 0.25) is 6.10 Å². The molecule has 0 unspecified atom stereocenters. The first kappa shape index (κ1) is 14.9. The summed E-state index contributed by atoms with van der Waals surface area (Å²) in [7, 11) is 1.63. The van der Waals surface area contributed by atoms with E-state index < -0.39 is 6.10 Å². The normalized spacial score (nSPS) is 24.6. The van der Waals surface area contributed by atoms with Gasteiger partial charge in [0.25, 0.3) is 5.91 Å². The van der Waals surface area contributed by atoms with Crippen molar-refractivity contribution in [1.82, 2.24) is 4.90 Å². The largest absolute Gasteiger partial charge is 0.496 e. The summed E-state index contributed by atoms with van der Waals surface area (Å²) < 4.78 is 5.36. The van der Waals surface area contributed by atoms with Crippen LogP contribution in [-0.2, 0) is 9.63 Å². The number of nitrogens with zero attached hydrogens (tertiary/aromatic N) is 2. The van der Waals surface area contributed by atoms with Gasteiger partial charge in [-0.05, 0) is 38.3 Å². The van der Waals surface area contributed by atoms with Crippen LogP contribution >= 0.6 is 0 Å². The lowest BCUT2D eigenvalue weighted by Gasteiger charge is -2.34. The van der Waals surface area contributed by atoms with Crippen molar-refractivity contribution in [2.24, 2.45) is 5.16 Å². The summed E-state index contributed by atoms with van der Waals surface area (Å²) in [6.45, 7) is 2.93. The Kier molecular flexibility index (Phi) is 4.32. The number of likely N-dealkylation sites (tertiary alicyclic amines) is 1. The molecule has 1 aromatic rings. The van der Waals surface area contributed by atoms with Gasteiger partial charge in [-0.3, -0.25) is 4.79 Å². The van der Waals surface area contributed by atoms with Crippen molar-refractivity contribution < 1.29 is 14.4 Å². The van der Waals surface area contributed by atoms with Crippen LogP contribution in [-0.4, -0.2) is 42.3 Å². The Bertz CT molecular complexity index is 585. The molecule has 1 fully saturated rings. The lowest BCUT2D eigenvalue weighted by Crippen LogP contribution is -2.47. The van der Waals surface area contributed by atoms with E-state index in [4.69, 9.17) is 9.57 Å². The second-order valence-electron chi connectivity index (χ2n) is 5.91. The highest BCUT2D eigenvalue weighted by Crippen LogP contribution is 2.26. The average molecular weight is 302 g/mol. The molecule has 2 aliphatic rings. The van der Waals surface area contributed by atoms with E-state index in [1.165, 1.54) is 6.42 Å². The molecule has 0 bridgehead atoms. The Balaban J connectivity index is 1.70. The number of carbonyl (C=O) groups excluding carboxylic acids is 1. The first-order valence-corrected chi connectivity index (χ1v) is 7.87. The maximum atomic E-state index is 12.6. The number of carbonyl (C=O) groups is 1. The third kappa shape index (κ3) is 2.80.